The molecule has 5 nitrogen and oxygen atoms in total. The summed E-state index contributed by atoms with van der Waals surface area (Å²) in [5.74, 6) is -1.41. The number of rotatable bonds is 4. The number of hydrogen-bond donors (Lipinski definition) is 2. The molecule has 1 aromatic heterocycles. The van der Waals surface area contributed by atoms with Crippen LogP contribution in [0.2, 0.25) is 0 Å². The standard InChI is InChI=1S/C14H20N2O3S/c1-9(2)11(13(17)18)7-15-14(19)16-5-3-12-10(8-16)4-6-20-12/h4,6,9,11H,3,5,7-8H2,1-2H3,(H,15,19)(H,17,18). The van der Waals surface area contributed by atoms with Gasteiger partial charge in [0.1, 0.15) is 0 Å². The molecule has 0 aromatic carbocycles. The van der Waals surface area contributed by atoms with E-state index < -0.39 is 11.9 Å². The molecule has 2 heterocycles. The first kappa shape index (κ1) is 14.8. The van der Waals surface area contributed by atoms with Crippen molar-refractivity contribution in [3.63, 3.8) is 0 Å². The number of carbonyl (C=O) groups excluding carboxylic acids is 1. The molecule has 0 aliphatic carbocycles. The van der Waals surface area contributed by atoms with E-state index in [0.29, 0.717) is 13.1 Å². The number of amides is 2. The van der Waals surface area contributed by atoms with Crippen LogP contribution in [0.15, 0.2) is 11.4 Å². The molecule has 1 aromatic rings. The predicted octanol–water partition coefficient (Wildman–Crippen LogP) is 2.17. The quantitative estimate of drug-likeness (QED) is 0.894. The van der Waals surface area contributed by atoms with Crippen LogP contribution in [0.25, 0.3) is 0 Å². The van der Waals surface area contributed by atoms with Crippen LogP contribution in [0.1, 0.15) is 24.3 Å². The van der Waals surface area contributed by atoms with E-state index in [4.69, 9.17) is 5.11 Å². The van der Waals surface area contributed by atoms with Crippen molar-refractivity contribution in [3.05, 3.63) is 21.9 Å². The van der Waals surface area contributed by atoms with Gasteiger partial charge in [0.2, 0.25) is 0 Å². The summed E-state index contributed by atoms with van der Waals surface area (Å²) in [6.45, 7) is 5.19. The number of carboxylic acid groups (broad SMARTS) is 1. The zero-order valence-electron chi connectivity index (χ0n) is 11.8. The number of carboxylic acids is 1. The number of hydrogen-bond acceptors (Lipinski definition) is 3. The van der Waals surface area contributed by atoms with Crippen LogP contribution in [-0.2, 0) is 17.8 Å². The summed E-state index contributed by atoms with van der Waals surface area (Å²) in [7, 11) is 0. The molecule has 0 spiro atoms. The summed E-state index contributed by atoms with van der Waals surface area (Å²) < 4.78 is 0. The predicted molar refractivity (Wildman–Crippen MR) is 77.8 cm³/mol. The molecule has 1 unspecified atom stereocenters. The highest BCUT2D eigenvalue weighted by atomic mass is 32.1. The smallest absolute Gasteiger partial charge is 0.317 e. The fourth-order valence-corrected chi connectivity index (χ4v) is 3.23. The Hall–Kier alpha value is -1.56. The van der Waals surface area contributed by atoms with Crippen molar-refractivity contribution in [2.45, 2.75) is 26.8 Å². The summed E-state index contributed by atoms with van der Waals surface area (Å²) >= 11 is 1.73. The molecule has 2 rings (SSSR count). The van der Waals surface area contributed by atoms with Crippen molar-refractivity contribution in [2.24, 2.45) is 11.8 Å². The lowest BCUT2D eigenvalue weighted by atomic mass is 9.96. The number of urea groups is 1. The van der Waals surface area contributed by atoms with Gasteiger partial charge in [0.05, 0.1) is 5.92 Å². The van der Waals surface area contributed by atoms with Crippen LogP contribution in [0.4, 0.5) is 4.79 Å². The Labute approximate surface area is 122 Å². The van der Waals surface area contributed by atoms with Crippen LogP contribution >= 0.6 is 11.3 Å². The van der Waals surface area contributed by atoms with Crippen LogP contribution < -0.4 is 5.32 Å². The summed E-state index contributed by atoms with van der Waals surface area (Å²) in [6.07, 6.45) is 0.882. The molecule has 0 saturated heterocycles. The van der Waals surface area contributed by atoms with E-state index in [0.717, 1.165) is 6.42 Å². The number of fused-ring (bicyclic) bond motifs is 1. The van der Waals surface area contributed by atoms with Gasteiger partial charge in [-0.15, -0.1) is 11.3 Å². The lowest BCUT2D eigenvalue weighted by Gasteiger charge is -2.28. The van der Waals surface area contributed by atoms with E-state index in [1.54, 1.807) is 16.2 Å². The number of thiophene rings is 1. The number of carbonyl (C=O) groups is 2. The summed E-state index contributed by atoms with van der Waals surface area (Å²) in [6, 6.07) is 1.88. The van der Waals surface area contributed by atoms with Crippen LogP contribution in [0.3, 0.4) is 0 Å². The Kier molecular flexibility index (Phi) is 4.65. The molecule has 0 saturated carbocycles. The average Bonchev–Trinajstić information content (AvgIpc) is 2.84. The molecular weight excluding hydrogens is 276 g/mol. The molecule has 2 N–H and O–H groups in total. The van der Waals surface area contributed by atoms with E-state index in [1.807, 2.05) is 25.3 Å². The van der Waals surface area contributed by atoms with Gasteiger partial charge in [0.25, 0.3) is 0 Å². The van der Waals surface area contributed by atoms with Gasteiger partial charge < -0.3 is 15.3 Å². The Bertz CT molecular complexity index is 498. The lowest BCUT2D eigenvalue weighted by molar-refractivity contribution is -0.142. The van der Waals surface area contributed by atoms with Crippen LogP contribution in [-0.4, -0.2) is 35.1 Å². The van der Waals surface area contributed by atoms with Gasteiger partial charge in [-0.25, -0.2) is 4.79 Å². The molecule has 1 aliphatic heterocycles. The van der Waals surface area contributed by atoms with E-state index in [2.05, 4.69) is 5.32 Å². The first-order valence-electron chi connectivity index (χ1n) is 6.80. The maximum absolute atomic E-state index is 12.1. The first-order chi connectivity index (χ1) is 9.49. The number of nitrogens with one attached hydrogen (secondary N) is 1. The van der Waals surface area contributed by atoms with Crippen molar-refractivity contribution in [1.82, 2.24) is 10.2 Å². The Balaban J connectivity index is 1.88. The summed E-state index contributed by atoms with van der Waals surface area (Å²) in [4.78, 5) is 26.3. The van der Waals surface area contributed by atoms with Crippen molar-refractivity contribution in [3.8, 4) is 0 Å². The van der Waals surface area contributed by atoms with Crippen molar-refractivity contribution in [2.75, 3.05) is 13.1 Å². The zero-order chi connectivity index (χ0) is 14.7. The highest BCUT2D eigenvalue weighted by Gasteiger charge is 2.25. The number of aliphatic carboxylic acids is 1. The van der Waals surface area contributed by atoms with Crippen molar-refractivity contribution < 1.29 is 14.7 Å². The molecule has 0 fully saturated rings. The molecule has 6 heteroatoms. The van der Waals surface area contributed by atoms with Gasteiger partial charge in [-0.2, -0.15) is 0 Å². The lowest BCUT2D eigenvalue weighted by Crippen LogP contribution is -2.45. The topological polar surface area (TPSA) is 69.6 Å². The van der Waals surface area contributed by atoms with Crippen LogP contribution in [0, 0.1) is 11.8 Å². The molecule has 0 radical (unpaired) electrons. The molecule has 1 atom stereocenters. The second-order valence-corrected chi connectivity index (χ2v) is 6.42. The van der Waals surface area contributed by atoms with Crippen molar-refractivity contribution >= 4 is 23.3 Å². The first-order valence-corrected chi connectivity index (χ1v) is 7.68. The minimum Gasteiger partial charge on any atom is -0.481 e. The monoisotopic (exact) mass is 296 g/mol. The molecular formula is C14H20N2O3S. The highest BCUT2D eigenvalue weighted by molar-refractivity contribution is 7.10. The second-order valence-electron chi connectivity index (χ2n) is 5.42. The van der Waals surface area contributed by atoms with Gasteiger partial charge in [0, 0.05) is 24.5 Å². The SMILES string of the molecule is CC(C)C(CNC(=O)N1CCc2sccc2C1)C(=O)O. The molecule has 0 bridgehead atoms. The molecule has 2 amide bonds. The zero-order valence-corrected chi connectivity index (χ0v) is 12.6. The Morgan fingerprint density at radius 1 is 1.50 bits per heavy atom. The third kappa shape index (κ3) is 3.30. The molecule has 1 aliphatic rings. The fraction of sp³-hybridized carbons (Fsp3) is 0.571. The maximum atomic E-state index is 12.1. The largest absolute Gasteiger partial charge is 0.481 e. The van der Waals surface area contributed by atoms with Crippen LogP contribution in [0.5, 0.6) is 0 Å². The van der Waals surface area contributed by atoms with Gasteiger partial charge in [-0.05, 0) is 29.3 Å². The van der Waals surface area contributed by atoms with Gasteiger partial charge in [-0.3, -0.25) is 4.79 Å². The molecule has 110 valence electrons. The van der Waals surface area contributed by atoms with Gasteiger partial charge in [0.15, 0.2) is 0 Å². The normalized spacial score (nSPS) is 15.8. The second kappa shape index (κ2) is 6.26. The minimum absolute atomic E-state index is 0.00219. The summed E-state index contributed by atoms with van der Waals surface area (Å²) in [5.41, 5.74) is 1.20. The third-order valence-corrected chi connectivity index (χ3v) is 4.71. The van der Waals surface area contributed by atoms with Crippen molar-refractivity contribution in [1.29, 1.82) is 0 Å². The van der Waals surface area contributed by atoms with Gasteiger partial charge in [-0.1, -0.05) is 13.8 Å². The Morgan fingerprint density at radius 2 is 2.25 bits per heavy atom. The fourth-order valence-electron chi connectivity index (χ4n) is 2.34. The maximum Gasteiger partial charge on any atom is 0.317 e. The van der Waals surface area contributed by atoms with Gasteiger partial charge >= 0.3 is 12.0 Å². The number of nitrogens with zero attached hydrogens (tertiary/aromatic N) is 1. The third-order valence-electron chi connectivity index (χ3n) is 3.69. The van der Waals surface area contributed by atoms with E-state index in [9.17, 15) is 9.59 Å². The van der Waals surface area contributed by atoms with E-state index in [-0.39, 0.29) is 18.5 Å². The molecule has 20 heavy (non-hydrogen) atoms. The van der Waals surface area contributed by atoms with E-state index in [1.165, 1.54) is 10.4 Å². The minimum atomic E-state index is -0.862. The average molecular weight is 296 g/mol. The highest BCUT2D eigenvalue weighted by Crippen LogP contribution is 2.23. The van der Waals surface area contributed by atoms with E-state index >= 15 is 0 Å². The summed E-state index contributed by atoms with van der Waals surface area (Å²) in [5, 5.41) is 13.9. The Morgan fingerprint density at radius 3 is 2.90 bits per heavy atom.